The molecule has 0 aliphatic carbocycles. The highest BCUT2D eigenvalue weighted by Gasteiger charge is 2.17. The minimum Gasteiger partial charge on any atom is -0.352 e. The van der Waals surface area contributed by atoms with Crippen LogP contribution >= 0.6 is 23.2 Å². The van der Waals surface area contributed by atoms with Crippen LogP contribution < -0.4 is 5.32 Å². The summed E-state index contributed by atoms with van der Waals surface area (Å²) in [6, 6.07) is 5.20. The highest BCUT2D eigenvalue weighted by atomic mass is 35.5. The summed E-state index contributed by atoms with van der Waals surface area (Å²) in [6.07, 6.45) is 3.21. The molecule has 0 spiro atoms. The lowest BCUT2D eigenvalue weighted by Crippen LogP contribution is -2.32. The second-order valence-electron chi connectivity index (χ2n) is 5.90. The molecule has 116 valence electrons. The highest BCUT2D eigenvalue weighted by Crippen LogP contribution is 2.22. The van der Waals surface area contributed by atoms with Gasteiger partial charge in [0, 0.05) is 22.7 Å². The van der Waals surface area contributed by atoms with Gasteiger partial charge >= 0.3 is 0 Å². The molecule has 1 N–H and O–H groups in total. The molecule has 0 radical (unpaired) electrons. The Bertz CT molecular complexity index is 502. The predicted octanol–water partition coefficient (Wildman–Crippen LogP) is 5.05. The summed E-state index contributed by atoms with van der Waals surface area (Å²) in [4.78, 5) is 11.9. The zero-order chi connectivity index (χ0) is 16.0. The third-order valence-electron chi connectivity index (χ3n) is 3.60. The Hall–Kier alpha value is -0.990. The van der Waals surface area contributed by atoms with E-state index >= 15 is 0 Å². The number of halogens is 2. The number of benzene rings is 1. The standard InChI is InChI=1S/C17H23Cl2NO/c1-11(2)15(12(3)4)10-20-17(21)8-6-13-5-7-14(18)9-16(13)19/h5-9,11-12,15H,10H2,1-4H3,(H,20,21)/b8-6+. The summed E-state index contributed by atoms with van der Waals surface area (Å²) >= 11 is 11.9. The van der Waals surface area contributed by atoms with E-state index in [9.17, 15) is 4.79 Å². The zero-order valence-electron chi connectivity index (χ0n) is 13.0. The van der Waals surface area contributed by atoms with Crippen molar-refractivity contribution in [1.29, 1.82) is 0 Å². The van der Waals surface area contributed by atoms with Crippen molar-refractivity contribution in [3.8, 4) is 0 Å². The minimum atomic E-state index is -0.104. The van der Waals surface area contributed by atoms with Gasteiger partial charge in [-0.3, -0.25) is 4.79 Å². The van der Waals surface area contributed by atoms with E-state index in [1.807, 2.05) is 0 Å². The van der Waals surface area contributed by atoms with Crippen LogP contribution in [-0.2, 0) is 4.79 Å². The van der Waals surface area contributed by atoms with Gasteiger partial charge in [-0.05, 0) is 41.5 Å². The monoisotopic (exact) mass is 327 g/mol. The molecule has 0 atom stereocenters. The fourth-order valence-corrected chi connectivity index (χ4v) is 2.79. The number of rotatable bonds is 6. The second kappa shape index (κ2) is 8.45. The summed E-state index contributed by atoms with van der Waals surface area (Å²) in [7, 11) is 0. The number of hydrogen-bond acceptors (Lipinski definition) is 1. The van der Waals surface area contributed by atoms with Gasteiger partial charge in [-0.2, -0.15) is 0 Å². The summed E-state index contributed by atoms with van der Waals surface area (Å²) in [5.74, 6) is 1.45. The molecule has 1 aromatic carbocycles. The van der Waals surface area contributed by atoms with Gasteiger partial charge in [0.25, 0.3) is 0 Å². The van der Waals surface area contributed by atoms with E-state index in [1.165, 1.54) is 6.08 Å². The van der Waals surface area contributed by atoms with Crippen molar-refractivity contribution in [2.75, 3.05) is 6.54 Å². The maximum Gasteiger partial charge on any atom is 0.244 e. The minimum absolute atomic E-state index is 0.104. The summed E-state index contributed by atoms with van der Waals surface area (Å²) in [5.41, 5.74) is 0.778. The number of hydrogen-bond donors (Lipinski definition) is 1. The van der Waals surface area contributed by atoms with E-state index < -0.39 is 0 Å². The van der Waals surface area contributed by atoms with Crippen LogP contribution in [0.4, 0.5) is 0 Å². The van der Waals surface area contributed by atoms with Crippen LogP contribution in [0.2, 0.25) is 10.0 Å². The Morgan fingerprint density at radius 3 is 2.33 bits per heavy atom. The lowest BCUT2D eigenvalue weighted by molar-refractivity contribution is -0.116. The van der Waals surface area contributed by atoms with Crippen LogP contribution in [-0.4, -0.2) is 12.5 Å². The van der Waals surface area contributed by atoms with Gasteiger partial charge in [0.05, 0.1) is 0 Å². The topological polar surface area (TPSA) is 29.1 Å². The molecule has 0 saturated heterocycles. The highest BCUT2D eigenvalue weighted by molar-refractivity contribution is 6.35. The molecule has 0 bridgehead atoms. The zero-order valence-corrected chi connectivity index (χ0v) is 14.5. The average Bonchev–Trinajstić information content (AvgIpc) is 2.37. The molecular weight excluding hydrogens is 305 g/mol. The first-order valence-corrected chi connectivity index (χ1v) is 7.97. The fourth-order valence-electron chi connectivity index (χ4n) is 2.32. The summed E-state index contributed by atoms with van der Waals surface area (Å²) in [5, 5.41) is 4.07. The molecule has 0 heterocycles. The van der Waals surface area contributed by atoms with E-state index in [-0.39, 0.29) is 5.91 Å². The maximum atomic E-state index is 11.9. The van der Waals surface area contributed by atoms with Crippen molar-refractivity contribution in [2.45, 2.75) is 27.7 Å². The molecule has 0 fully saturated rings. The number of carbonyl (C=O) groups is 1. The first-order valence-electron chi connectivity index (χ1n) is 7.22. The van der Waals surface area contributed by atoms with Gasteiger partial charge in [-0.15, -0.1) is 0 Å². The van der Waals surface area contributed by atoms with Gasteiger partial charge in [-0.25, -0.2) is 0 Å². The van der Waals surface area contributed by atoms with Crippen LogP contribution in [0.1, 0.15) is 33.3 Å². The van der Waals surface area contributed by atoms with Crippen molar-refractivity contribution in [3.05, 3.63) is 39.9 Å². The summed E-state index contributed by atoms with van der Waals surface area (Å²) < 4.78 is 0. The Morgan fingerprint density at radius 1 is 1.19 bits per heavy atom. The van der Waals surface area contributed by atoms with E-state index in [2.05, 4.69) is 33.0 Å². The normalized spacial score (nSPS) is 11.9. The molecule has 2 nitrogen and oxygen atoms in total. The van der Waals surface area contributed by atoms with E-state index in [0.717, 1.165) is 5.56 Å². The van der Waals surface area contributed by atoms with Gasteiger partial charge in [0.1, 0.15) is 0 Å². The Labute approximate surface area is 137 Å². The maximum absolute atomic E-state index is 11.9. The Balaban J connectivity index is 2.59. The van der Waals surface area contributed by atoms with E-state index in [4.69, 9.17) is 23.2 Å². The molecule has 0 unspecified atom stereocenters. The van der Waals surface area contributed by atoms with Crippen molar-refractivity contribution >= 4 is 35.2 Å². The fraction of sp³-hybridized carbons (Fsp3) is 0.471. The molecule has 0 aromatic heterocycles. The quantitative estimate of drug-likeness (QED) is 0.727. The molecule has 0 saturated carbocycles. The van der Waals surface area contributed by atoms with Crippen molar-refractivity contribution < 1.29 is 4.79 Å². The second-order valence-corrected chi connectivity index (χ2v) is 6.74. The molecule has 0 aliphatic heterocycles. The van der Waals surface area contributed by atoms with Gasteiger partial charge in [-0.1, -0.05) is 57.0 Å². The van der Waals surface area contributed by atoms with Gasteiger partial charge in [0.15, 0.2) is 0 Å². The molecule has 4 heteroatoms. The Morgan fingerprint density at radius 2 is 1.81 bits per heavy atom. The van der Waals surface area contributed by atoms with Crippen molar-refractivity contribution in [3.63, 3.8) is 0 Å². The van der Waals surface area contributed by atoms with Gasteiger partial charge in [0.2, 0.25) is 5.91 Å². The first kappa shape index (κ1) is 18.1. The Kier molecular flexibility index (Phi) is 7.27. The van der Waals surface area contributed by atoms with Crippen LogP contribution in [0, 0.1) is 17.8 Å². The smallest absolute Gasteiger partial charge is 0.244 e. The van der Waals surface area contributed by atoms with E-state index in [1.54, 1.807) is 24.3 Å². The average molecular weight is 328 g/mol. The van der Waals surface area contributed by atoms with Crippen molar-refractivity contribution in [2.24, 2.45) is 17.8 Å². The lowest BCUT2D eigenvalue weighted by atomic mass is 9.85. The van der Waals surface area contributed by atoms with Crippen molar-refractivity contribution in [1.82, 2.24) is 5.32 Å². The van der Waals surface area contributed by atoms with Crippen LogP contribution in [0.15, 0.2) is 24.3 Å². The lowest BCUT2D eigenvalue weighted by Gasteiger charge is -2.24. The third kappa shape index (κ3) is 6.11. The summed E-state index contributed by atoms with van der Waals surface area (Å²) in [6.45, 7) is 9.41. The molecule has 21 heavy (non-hydrogen) atoms. The molecule has 0 aliphatic rings. The number of nitrogens with one attached hydrogen (secondary N) is 1. The molecule has 1 amide bonds. The largest absolute Gasteiger partial charge is 0.352 e. The van der Waals surface area contributed by atoms with Crippen LogP contribution in [0.3, 0.4) is 0 Å². The molecule has 1 rings (SSSR count). The van der Waals surface area contributed by atoms with E-state index in [0.29, 0.717) is 34.3 Å². The molecular formula is C17H23Cl2NO. The predicted molar refractivity (Wildman–Crippen MR) is 91.7 cm³/mol. The molecule has 1 aromatic rings. The SMILES string of the molecule is CC(C)C(CNC(=O)/C=C/c1ccc(Cl)cc1Cl)C(C)C. The van der Waals surface area contributed by atoms with Crippen LogP contribution in [0.5, 0.6) is 0 Å². The number of amides is 1. The number of carbonyl (C=O) groups excluding carboxylic acids is 1. The van der Waals surface area contributed by atoms with Gasteiger partial charge < -0.3 is 5.32 Å². The third-order valence-corrected chi connectivity index (χ3v) is 4.16. The first-order chi connectivity index (χ1) is 9.81. The van der Waals surface area contributed by atoms with Crippen LogP contribution in [0.25, 0.3) is 6.08 Å².